The molecule has 0 atom stereocenters. The third kappa shape index (κ3) is 7.14. The fraction of sp³-hybridized carbons (Fsp3) is 0.312. The summed E-state index contributed by atoms with van der Waals surface area (Å²) in [5, 5.41) is 13.1. The van der Waals surface area contributed by atoms with E-state index in [4.69, 9.17) is 0 Å². The molecule has 0 aliphatic rings. The zero-order chi connectivity index (χ0) is 18.8. The minimum Gasteiger partial charge on any atom is -0.355 e. The second-order valence-corrected chi connectivity index (χ2v) is 8.43. The summed E-state index contributed by atoms with van der Waals surface area (Å²) in [6.07, 6.45) is 0.894. The number of carbonyl (C=O) groups is 3. The molecule has 1 heterocycles. The zero-order valence-corrected chi connectivity index (χ0v) is 16.5. The lowest BCUT2D eigenvalue weighted by Crippen LogP contribution is -2.31. The van der Waals surface area contributed by atoms with Crippen molar-refractivity contribution in [3.63, 3.8) is 0 Å². The lowest BCUT2D eigenvalue weighted by atomic mass is 10.2. The number of nitrogens with one attached hydrogen (secondary N) is 2. The van der Waals surface area contributed by atoms with Gasteiger partial charge in [-0.2, -0.15) is 0 Å². The molecule has 3 amide bonds. The van der Waals surface area contributed by atoms with Crippen molar-refractivity contribution in [3.8, 4) is 0 Å². The highest BCUT2D eigenvalue weighted by molar-refractivity contribution is 8.03. The van der Waals surface area contributed by atoms with Crippen molar-refractivity contribution >= 4 is 52.6 Å². The van der Waals surface area contributed by atoms with E-state index in [0.717, 1.165) is 6.42 Å². The maximum atomic E-state index is 11.9. The lowest BCUT2D eigenvalue weighted by molar-refractivity contribution is -0.119. The van der Waals surface area contributed by atoms with E-state index >= 15 is 0 Å². The Morgan fingerprint density at radius 3 is 2.23 bits per heavy atom. The molecule has 1 aromatic heterocycles. The molecule has 10 heteroatoms. The molecule has 0 saturated carbocycles. The highest BCUT2D eigenvalue weighted by Gasteiger charge is 2.13. The van der Waals surface area contributed by atoms with Gasteiger partial charge in [-0.1, -0.05) is 60.0 Å². The first kappa shape index (κ1) is 20.4. The predicted octanol–water partition coefficient (Wildman–Crippen LogP) is 2.21. The molecule has 2 aromatic rings. The van der Waals surface area contributed by atoms with Crippen LogP contribution in [0.5, 0.6) is 0 Å². The minimum absolute atomic E-state index is 0.0416. The van der Waals surface area contributed by atoms with Crippen LogP contribution < -0.4 is 10.6 Å². The van der Waals surface area contributed by atoms with Gasteiger partial charge < -0.3 is 5.32 Å². The SMILES string of the molecule is CCCNC(=O)CSc1nnc(SCC(=O)NC(=O)c2ccccc2)s1. The van der Waals surface area contributed by atoms with E-state index in [1.54, 1.807) is 30.3 Å². The molecule has 0 unspecified atom stereocenters. The molecule has 0 spiro atoms. The molecule has 1 aromatic carbocycles. The van der Waals surface area contributed by atoms with Gasteiger partial charge in [0.25, 0.3) is 5.91 Å². The van der Waals surface area contributed by atoms with Gasteiger partial charge in [-0.05, 0) is 18.6 Å². The second kappa shape index (κ2) is 10.9. The first-order valence-electron chi connectivity index (χ1n) is 7.83. The van der Waals surface area contributed by atoms with Gasteiger partial charge in [-0.3, -0.25) is 19.7 Å². The summed E-state index contributed by atoms with van der Waals surface area (Å²) < 4.78 is 1.28. The monoisotopic (exact) mass is 410 g/mol. The third-order valence-corrected chi connectivity index (χ3v) is 6.09. The van der Waals surface area contributed by atoms with Gasteiger partial charge in [-0.15, -0.1) is 10.2 Å². The first-order valence-corrected chi connectivity index (χ1v) is 10.6. The minimum atomic E-state index is -0.428. The quantitative estimate of drug-likeness (QED) is 0.611. The summed E-state index contributed by atoms with van der Waals surface area (Å²) in [5.74, 6) is -0.518. The van der Waals surface area contributed by atoms with Gasteiger partial charge in [0.1, 0.15) is 0 Å². The van der Waals surface area contributed by atoms with Gasteiger partial charge in [0.05, 0.1) is 11.5 Å². The molecular weight excluding hydrogens is 392 g/mol. The van der Waals surface area contributed by atoms with Crippen LogP contribution in [0.4, 0.5) is 0 Å². The molecule has 0 saturated heterocycles. The number of hydrogen-bond acceptors (Lipinski definition) is 8. The van der Waals surface area contributed by atoms with Crippen LogP contribution >= 0.6 is 34.9 Å². The van der Waals surface area contributed by atoms with E-state index in [1.807, 2.05) is 6.92 Å². The number of amides is 3. The normalized spacial score (nSPS) is 10.3. The summed E-state index contributed by atoms with van der Waals surface area (Å²) in [6.45, 7) is 2.65. The van der Waals surface area contributed by atoms with Crippen molar-refractivity contribution in [1.29, 1.82) is 0 Å². The largest absolute Gasteiger partial charge is 0.355 e. The van der Waals surface area contributed by atoms with E-state index in [0.29, 0.717) is 20.8 Å². The molecule has 7 nitrogen and oxygen atoms in total. The van der Waals surface area contributed by atoms with E-state index in [-0.39, 0.29) is 17.4 Å². The molecule has 0 aliphatic heterocycles. The van der Waals surface area contributed by atoms with Crippen LogP contribution in [0.1, 0.15) is 23.7 Å². The Kier molecular flexibility index (Phi) is 8.59. The number of hydrogen-bond donors (Lipinski definition) is 2. The predicted molar refractivity (Wildman–Crippen MR) is 104 cm³/mol. The molecular formula is C16H18N4O3S3. The number of thioether (sulfide) groups is 2. The summed E-state index contributed by atoms with van der Waals surface area (Å²) in [6, 6.07) is 8.54. The van der Waals surface area contributed by atoms with Gasteiger partial charge >= 0.3 is 0 Å². The smallest absolute Gasteiger partial charge is 0.257 e. The average molecular weight is 411 g/mol. The van der Waals surface area contributed by atoms with E-state index in [1.165, 1.54) is 34.9 Å². The van der Waals surface area contributed by atoms with Crippen LogP contribution in [0.25, 0.3) is 0 Å². The fourth-order valence-electron chi connectivity index (χ4n) is 1.71. The number of rotatable bonds is 9. The second-order valence-electron chi connectivity index (χ2n) is 5.00. The zero-order valence-electron chi connectivity index (χ0n) is 14.1. The van der Waals surface area contributed by atoms with Crippen LogP contribution in [0.3, 0.4) is 0 Å². The Hall–Kier alpha value is -1.91. The van der Waals surface area contributed by atoms with Crippen molar-refractivity contribution in [2.24, 2.45) is 0 Å². The van der Waals surface area contributed by atoms with Gasteiger partial charge in [0, 0.05) is 12.1 Å². The Bertz CT molecular complexity index is 752. The van der Waals surface area contributed by atoms with Gasteiger partial charge in [0.15, 0.2) is 8.68 Å². The van der Waals surface area contributed by atoms with Crippen molar-refractivity contribution in [2.45, 2.75) is 22.0 Å². The summed E-state index contributed by atoms with van der Waals surface area (Å²) in [7, 11) is 0. The van der Waals surface area contributed by atoms with Crippen molar-refractivity contribution in [3.05, 3.63) is 35.9 Å². The number of imide groups is 1. The van der Waals surface area contributed by atoms with Crippen LogP contribution in [0, 0.1) is 0 Å². The van der Waals surface area contributed by atoms with E-state index in [9.17, 15) is 14.4 Å². The standard InChI is InChI=1S/C16H18N4O3S3/c1-2-8-17-12(21)9-24-15-19-20-16(26-15)25-10-13(22)18-14(23)11-6-4-3-5-7-11/h3-7H,2,8-10H2,1H3,(H,17,21)(H,18,22,23). The number of carbonyl (C=O) groups excluding carboxylic acids is 3. The molecule has 2 N–H and O–H groups in total. The molecule has 0 radical (unpaired) electrons. The molecule has 0 bridgehead atoms. The van der Waals surface area contributed by atoms with Crippen molar-refractivity contribution < 1.29 is 14.4 Å². The Labute approximate surface area is 163 Å². The maximum Gasteiger partial charge on any atom is 0.257 e. The maximum absolute atomic E-state index is 11.9. The first-order chi connectivity index (χ1) is 12.6. The highest BCUT2D eigenvalue weighted by Crippen LogP contribution is 2.28. The van der Waals surface area contributed by atoms with Crippen molar-refractivity contribution in [2.75, 3.05) is 18.1 Å². The fourth-order valence-corrected chi connectivity index (χ4v) is 4.36. The Morgan fingerprint density at radius 1 is 1.00 bits per heavy atom. The van der Waals surface area contributed by atoms with Crippen LogP contribution in [0.15, 0.2) is 39.0 Å². The van der Waals surface area contributed by atoms with Gasteiger partial charge in [-0.25, -0.2) is 0 Å². The number of aromatic nitrogens is 2. The topological polar surface area (TPSA) is 101 Å². The average Bonchev–Trinajstić information content (AvgIpc) is 3.11. The van der Waals surface area contributed by atoms with E-state index in [2.05, 4.69) is 20.8 Å². The third-order valence-electron chi connectivity index (χ3n) is 2.90. The molecule has 26 heavy (non-hydrogen) atoms. The van der Waals surface area contributed by atoms with Crippen molar-refractivity contribution in [1.82, 2.24) is 20.8 Å². The molecule has 2 rings (SSSR count). The summed E-state index contributed by atoms with van der Waals surface area (Å²) in [5.41, 5.74) is 0.432. The summed E-state index contributed by atoms with van der Waals surface area (Å²) in [4.78, 5) is 35.3. The Balaban J connectivity index is 1.72. The van der Waals surface area contributed by atoms with E-state index < -0.39 is 11.8 Å². The van der Waals surface area contributed by atoms with Crippen LogP contribution in [-0.2, 0) is 9.59 Å². The lowest BCUT2D eigenvalue weighted by Gasteiger charge is -2.02. The molecule has 0 aliphatic carbocycles. The Morgan fingerprint density at radius 2 is 1.62 bits per heavy atom. The summed E-state index contributed by atoms with van der Waals surface area (Å²) >= 11 is 3.82. The number of nitrogens with zero attached hydrogens (tertiary/aromatic N) is 2. The highest BCUT2D eigenvalue weighted by atomic mass is 32.2. The molecule has 138 valence electrons. The van der Waals surface area contributed by atoms with Crippen LogP contribution in [-0.4, -0.2) is 46.0 Å². The number of benzene rings is 1. The van der Waals surface area contributed by atoms with Gasteiger partial charge in [0.2, 0.25) is 11.8 Å². The van der Waals surface area contributed by atoms with Crippen LogP contribution in [0.2, 0.25) is 0 Å². The molecule has 0 fully saturated rings.